The lowest BCUT2D eigenvalue weighted by Gasteiger charge is -2.14. The van der Waals surface area contributed by atoms with Crippen molar-refractivity contribution in [1.29, 1.82) is 0 Å². The molecule has 0 aliphatic carbocycles. The van der Waals surface area contributed by atoms with Crippen molar-refractivity contribution < 1.29 is 4.79 Å². The maximum absolute atomic E-state index is 12.3. The summed E-state index contributed by atoms with van der Waals surface area (Å²) in [5.74, 6) is 0.319. The molecule has 2 heterocycles. The van der Waals surface area contributed by atoms with Crippen molar-refractivity contribution in [2.75, 3.05) is 11.1 Å². The number of rotatable bonds is 4. The fourth-order valence-electron chi connectivity index (χ4n) is 2.10. The van der Waals surface area contributed by atoms with Gasteiger partial charge in [-0.2, -0.15) is 5.10 Å². The third kappa shape index (κ3) is 3.45. The molecule has 114 valence electrons. The van der Waals surface area contributed by atoms with Gasteiger partial charge < -0.3 is 15.6 Å². The lowest BCUT2D eigenvalue weighted by Crippen LogP contribution is -2.17. The summed E-state index contributed by atoms with van der Waals surface area (Å²) in [5, 5.41) is 9.89. The molecule has 6 heteroatoms. The first-order chi connectivity index (χ1) is 9.81. The van der Waals surface area contributed by atoms with Gasteiger partial charge in [-0.3, -0.25) is 9.89 Å². The van der Waals surface area contributed by atoms with E-state index in [0.717, 1.165) is 18.7 Å². The molecule has 0 radical (unpaired) electrons. The van der Waals surface area contributed by atoms with E-state index in [4.69, 9.17) is 5.73 Å². The monoisotopic (exact) mass is 289 g/mol. The highest BCUT2D eigenvalue weighted by Gasteiger charge is 2.19. The van der Waals surface area contributed by atoms with Crippen LogP contribution in [0.1, 0.15) is 50.3 Å². The van der Waals surface area contributed by atoms with E-state index in [1.165, 1.54) is 0 Å². The number of hydrogen-bond donors (Lipinski definition) is 3. The summed E-state index contributed by atoms with van der Waals surface area (Å²) in [6, 6.07) is 3.54. The molecule has 1 amide bonds. The zero-order valence-corrected chi connectivity index (χ0v) is 13.0. The summed E-state index contributed by atoms with van der Waals surface area (Å²) >= 11 is 0. The SMILES string of the molecule is CCCn1cc(N)cc1C(=O)Nc1cc(C(C)(C)C)[nH]n1. The first-order valence-corrected chi connectivity index (χ1v) is 7.14. The number of H-pyrrole nitrogens is 1. The summed E-state index contributed by atoms with van der Waals surface area (Å²) in [6.45, 7) is 9.06. The van der Waals surface area contributed by atoms with E-state index < -0.39 is 0 Å². The van der Waals surface area contributed by atoms with Crippen LogP contribution in [0, 0.1) is 0 Å². The Kier molecular flexibility index (Phi) is 4.06. The molecule has 0 aromatic carbocycles. The molecule has 0 saturated heterocycles. The Morgan fingerprint density at radius 3 is 2.71 bits per heavy atom. The van der Waals surface area contributed by atoms with Gasteiger partial charge in [0.2, 0.25) is 0 Å². The van der Waals surface area contributed by atoms with Gasteiger partial charge in [0.1, 0.15) is 5.69 Å². The minimum atomic E-state index is -0.202. The number of carbonyl (C=O) groups excluding carboxylic acids is 1. The number of nitrogens with two attached hydrogens (primary N) is 1. The highest BCUT2D eigenvalue weighted by molar-refractivity contribution is 6.03. The Morgan fingerprint density at radius 1 is 1.43 bits per heavy atom. The molecule has 0 unspecified atom stereocenters. The van der Waals surface area contributed by atoms with E-state index in [0.29, 0.717) is 17.2 Å². The zero-order valence-electron chi connectivity index (χ0n) is 13.0. The van der Waals surface area contributed by atoms with E-state index in [1.807, 2.05) is 10.6 Å². The maximum Gasteiger partial charge on any atom is 0.273 e. The van der Waals surface area contributed by atoms with Gasteiger partial charge in [0, 0.05) is 29.9 Å². The van der Waals surface area contributed by atoms with Crippen molar-refractivity contribution in [3.63, 3.8) is 0 Å². The number of carbonyl (C=O) groups is 1. The molecular formula is C15H23N5O. The zero-order chi connectivity index (χ0) is 15.6. The molecule has 0 fully saturated rings. The van der Waals surface area contributed by atoms with E-state index in [2.05, 4.69) is 43.2 Å². The fraction of sp³-hybridized carbons (Fsp3) is 0.467. The second-order valence-electron chi connectivity index (χ2n) is 6.22. The number of nitrogen functional groups attached to an aromatic ring is 1. The Labute approximate surface area is 124 Å². The number of amides is 1. The molecule has 6 nitrogen and oxygen atoms in total. The van der Waals surface area contributed by atoms with Crippen LogP contribution < -0.4 is 11.1 Å². The maximum atomic E-state index is 12.3. The smallest absolute Gasteiger partial charge is 0.273 e. The van der Waals surface area contributed by atoms with Crippen LogP contribution in [0.5, 0.6) is 0 Å². The molecule has 0 atom stereocenters. The van der Waals surface area contributed by atoms with Crippen LogP contribution in [0.4, 0.5) is 11.5 Å². The molecule has 0 saturated carbocycles. The molecular weight excluding hydrogens is 266 g/mol. The van der Waals surface area contributed by atoms with Crippen molar-refractivity contribution >= 4 is 17.4 Å². The molecule has 2 aromatic rings. The number of hydrogen-bond acceptors (Lipinski definition) is 3. The van der Waals surface area contributed by atoms with Crippen LogP contribution in [-0.4, -0.2) is 20.7 Å². The topological polar surface area (TPSA) is 88.7 Å². The van der Waals surface area contributed by atoms with Gasteiger partial charge >= 0.3 is 0 Å². The normalized spacial score (nSPS) is 11.6. The van der Waals surface area contributed by atoms with Crippen LogP contribution in [0.2, 0.25) is 0 Å². The number of nitrogens with one attached hydrogen (secondary N) is 2. The lowest BCUT2D eigenvalue weighted by molar-refractivity contribution is 0.101. The lowest BCUT2D eigenvalue weighted by atomic mass is 9.92. The Bertz CT molecular complexity index is 633. The fourth-order valence-corrected chi connectivity index (χ4v) is 2.10. The Morgan fingerprint density at radius 2 is 2.14 bits per heavy atom. The second-order valence-corrected chi connectivity index (χ2v) is 6.22. The van der Waals surface area contributed by atoms with E-state index >= 15 is 0 Å². The molecule has 2 rings (SSSR count). The molecule has 21 heavy (non-hydrogen) atoms. The predicted octanol–water partition coefficient (Wildman–Crippen LogP) is 2.75. The minimum Gasteiger partial charge on any atom is -0.397 e. The molecule has 2 aromatic heterocycles. The Balaban J connectivity index is 2.16. The highest BCUT2D eigenvalue weighted by atomic mass is 16.2. The standard InChI is InChI=1S/C15H23N5O/c1-5-6-20-9-10(16)7-11(20)14(21)17-13-8-12(18-19-13)15(2,3)4/h7-9H,5-6,16H2,1-4H3,(H2,17,18,19,21). The van der Waals surface area contributed by atoms with Crippen LogP contribution in [0.15, 0.2) is 18.3 Å². The van der Waals surface area contributed by atoms with Crippen LogP contribution in [-0.2, 0) is 12.0 Å². The van der Waals surface area contributed by atoms with Crippen molar-refractivity contribution in [2.24, 2.45) is 0 Å². The van der Waals surface area contributed by atoms with Crippen LogP contribution >= 0.6 is 0 Å². The van der Waals surface area contributed by atoms with Gasteiger partial charge in [0.05, 0.1) is 5.69 Å². The third-order valence-electron chi connectivity index (χ3n) is 3.24. The summed E-state index contributed by atoms with van der Waals surface area (Å²) in [6.07, 6.45) is 2.72. The van der Waals surface area contributed by atoms with Gasteiger partial charge in [0.25, 0.3) is 5.91 Å². The largest absolute Gasteiger partial charge is 0.397 e. The first-order valence-electron chi connectivity index (χ1n) is 7.14. The van der Waals surface area contributed by atoms with Gasteiger partial charge in [-0.05, 0) is 12.5 Å². The number of nitrogens with zero attached hydrogens (tertiary/aromatic N) is 2. The summed E-state index contributed by atoms with van der Waals surface area (Å²) in [5.41, 5.74) is 7.85. The molecule has 0 aliphatic heterocycles. The predicted molar refractivity (Wildman–Crippen MR) is 84.4 cm³/mol. The summed E-state index contributed by atoms with van der Waals surface area (Å²) in [7, 11) is 0. The van der Waals surface area contributed by atoms with E-state index in [9.17, 15) is 4.79 Å². The Hall–Kier alpha value is -2.24. The first kappa shape index (κ1) is 15.2. The third-order valence-corrected chi connectivity index (χ3v) is 3.24. The van der Waals surface area contributed by atoms with Crippen molar-refractivity contribution in [1.82, 2.24) is 14.8 Å². The summed E-state index contributed by atoms with van der Waals surface area (Å²) in [4.78, 5) is 12.3. The minimum absolute atomic E-state index is 0.0389. The van der Waals surface area contributed by atoms with Crippen molar-refractivity contribution in [3.8, 4) is 0 Å². The van der Waals surface area contributed by atoms with Gasteiger partial charge in [-0.15, -0.1) is 0 Å². The van der Waals surface area contributed by atoms with Gasteiger partial charge in [0.15, 0.2) is 5.82 Å². The number of aryl methyl sites for hydroxylation is 1. The number of aromatic amines is 1. The second kappa shape index (κ2) is 5.63. The van der Waals surface area contributed by atoms with Crippen LogP contribution in [0.3, 0.4) is 0 Å². The van der Waals surface area contributed by atoms with Crippen molar-refractivity contribution in [3.05, 3.63) is 29.7 Å². The summed E-state index contributed by atoms with van der Waals surface area (Å²) < 4.78 is 1.86. The molecule has 0 aliphatic rings. The van der Waals surface area contributed by atoms with Gasteiger partial charge in [-0.25, -0.2) is 0 Å². The quantitative estimate of drug-likeness (QED) is 0.808. The number of anilines is 2. The molecule has 0 spiro atoms. The van der Waals surface area contributed by atoms with E-state index in [-0.39, 0.29) is 11.3 Å². The van der Waals surface area contributed by atoms with Crippen molar-refractivity contribution in [2.45, 2.75) is 46.1 Å². The molecule has 4 N–H and O–H groups in total. The average Bonchev–Trinajstić information content (AvgIpc) is 2.96. The average molecular weight is 289 g/mol. The molecule has 0 bridgehead atoms. The van der Waals surface area contributed by atoms with Crippen LogP contribution in [0.25, 0.3) is 0 Å². The number of aromatic nitrogens is 3. The van der Waals surface area contributed by atoms with Gasteiger partial charge in [-0.1, -0.05) is 27.7 Å². The van der Waals surface area contributed by atoms with E-state index in [1.54, 1.807) is 12.3 Å². The highest BCUT2D eigenvalue weighted by Crippen LogP contribution is 2.22.